The molecule has 1 aromatic heterocycles. The van der Waals surface area contributed by atoms with Crippen molar-refractivity contribution in [3.8, 4) is 0 Å². The molecule has 0 radical (unpaired) electrons. The van der Waals surface area contributed by atoms with Crippen molar-refractivity contribution in [3.63, 3.8) is 0 Å². The SMILES string of the molecule is COCCOC1C(OC)[C@@H](COC)O[C@H]1c1cn(C)c(=O)[nH]c1=O. The summed E-state index contributed by atoms with van der Waals surface area (Å²) < 4.78 is 28.8. The molecule has 1 aliphatic rings. The molecule has 0 spiro atoms. The van der Waals surface area contributed by atoms with Crippen LogP contribution in [0.1, 0.15) is 11.7 Å². The van der Waals surface area contributed by atoms with Crippen molar-refractivity contribution >= 4 is 0 Å². The number of ether oxygens (including phenoxy) is 5. The molecule has 24 heavy (non-hydrogen) atoms. The molecule has 0 bridgehead atoms. The van der Waals surface area contributed by atoms with E-state index in [0.29, 0.717) is 25.4 Å². The van der Waals surface area contributed by atoms with Gasteiger partial charge in [-0.1, -0.05) is 0 Å². The first-order valence-corrected chi connectivity index (χ1v) is 7.61. The van der Waals surface area contributed by atoms with Crippen LogP contribution in [-0.4, -0.2) is 69.0 Å². The molecule has 1 saturated heterocycles. The van der Waals surface area contributed by atoms with Gasteiger partial charge in [0.1, 0.15) is 24.4 Å². The molecule has 2 rings (SSSR count). The summed E-state index contributed by atoms with van der Waals surface area (Å²) in [4.78, 5) is 26.0. The third-order valence-corrected chi connectivity index (χ3v) is 3.95. The molecule has 2 unspecified atom stereocenters. The largest absolute Gasteiger partial charge is 0.382 e. The van der Waals surface area contributed by atoms with Gasteiger partial charge < -0.3 is 28.3 Å². The number of nitrogens with one attached hydrogen (secondary N) is 1. The van der Waals surface area contributed by atoms with Gasteiger partial charge in [-0.15, -0.1) is 0 Å². The summed E-state index contributed by atoms with van der Waals surface area (Å²) in [6, 6.07) is 0. The fourth-order valence-electron chi connectivity index (χ4n) is 2.80. The zero-order chi connectivity index (χ0) is 17.7. The number of nitrogens with zero attached hydrogens (tertiary/aromatic N) is 1. The van der Waals surface area contributed by atoms with Crippen LogP contribution in [0.5, 0.6) is 0 Å². The fourth-order valence-corrected chi connectivity index (χ4v) is 2.80. The highest BCUT2D eigenvalue weighted by atomic mass is 16.6. The lowest BCUT2D eigenvalue weighted by molar-refractivity contribution is -0.0659. The molecule has 1 aliphatic heterocycles. The van der Waals surface area contributed by atoms with E-state index in [1.54, 1.807) is 28.4 Å². The Morgan fingerprint density at radius 2 is 1.92 bits per heavy atom. The van der Waals surface area contributed by atoms with Gasteiger partial charge in [-0.25, -0.2) is 4.79 Å². The number of aromatic nitrogens is 2. The average Bonchev–Trinajstić information content (AvgIpc) is 2.89. The van der Waals surface area contributed by atoms with E-state index in [9.17, 15) is 9.59 Å². The molecular weight excluding hydrogens is 320 g/mol. The Morgan fingerprint density at radius 1 is 1.17 bits per heavy atom. The summed E-state index contributed by atoms with van der Waals surface area (Å²) in [6.45, 7) is 1.02. The van der Waals surface area contributed by atoms with Crippen LogP contribution >= 0.6 is 0 Å². The van der Waals surface area contributed by atoms with Crippen LogP contribution < -0.4 is 11.2 Å². The van der Waals surface area contributed by atoms with Gasteiger partial charge in [0, 0.05) is 34.6 Å². The Kier molecular flexibility index (Phi) is 6.69. The van der Waals surface area contributed by atoms with Crippen LogP contribution in [0, 0.1) is 0 Å². The topological polar surface area (TPSA) is 101 Å². The van der Waals surface area contributed by atoms with Crippen molar-refractivity contribution in [2.24, 2.45) is 7.05 Å². The van der Waals surface area contributed by atoms with E-state index in [4.69, 9.17) is 23.7 Å². The van der Waals surface area contributed by atoms with Crippen molar-refractivity contribution < 1.29 is 23.7 Å². The van der Waals surface area contributed by atoms with Gasteiger partial charge in [0.15, 0.2) is 0 Å². The van der Waals surface area contributed by atoms with Crippen LogP contribution in [-0.2, 0) is 30.7 Å². The molecule has 1 aromatic rings. The Morgan fingerprint density at radius 3 is 2.54 bits per heavy atom. The first-order chi connectivity index (χ1) is 11.5. The number of methoxy groups -OCH3 is 3. The van der Waals surface area contributed by atoms with Crippen LogP contribution in [0.25, 0.3) is 0 Å². The van der Waals surface area contributed by atoms with E-state index in [1.165, 1.54) is 10.8 Å². The summed E-state index contributed by atoms with van der Waals surface area (Å²) in [7, 11) is 6.24. The smallest absolute Gasteiger partial charge is 0.328 e. The molecule has 2 heterocycles. The number of hydrogen-bond donors (Lipinski definition) is 1. The number of H-pyrrole nitrogens is 1. The molecule has 1 N–H and O–H groups in total. The maximum atomic E-state index is 12.2. The Balaban J connectivity index is 2.35. The van der Waals surface area contributed by atoms with Crippen molar-refractivity contribution in [2.45, 2.75) is 24.4 Å². The van der Waals surface area contributed by atoms with Crippen LogP contribution in [0.15, 0.2) is 15.8 Å². The summed E-state index contributed by atoms with van der Waals surface area (Å²) in [5.74, 6) is 0. The highest BCUT2D eigenvalue weighted by Gasteiger charge is 2.47. The lowest BCUT2D eigenvalue weighted by Crippen LogP contribution is -2.39. The normalized spacial score (nSPS) is 26.8. The van der Waals surface area contributed by atoms with Crippen molar-refractivity contribution in [1.29, 1.82) is 0 Å². The Hall–Kier alpha value is -1.52. The van der Waals surface area contributed by atoms with Gasteiger partial charge in [-0.2, -0.15) is 0 Å². The second kappa shape index (κ2) is 8.54. The Labute approximate surface area is 139 Å². The van der Waals surface area contributed by atoms with E-state index in [1.807, 2.05) is 0 Å². The molecular formula is C15H24N2O7. The second-order valence-electron chi connectivity index (χ2n) is 5.53. The highest BCUT2D eigenvalue weighted by molar-refractivity contribution is 5.14. The number of hydrogen-bond acceptors (Lipinski definition) is 7. The van der Waals surface area contributed by atoms with Crippen molar-refractivity contribution in [2.75, 3.05) is 41.2 Å². The molecule has 0 aromatic carbocycles. The third kappa shape index (κ3) is 3.93. The van der Waals surface area contributed by atoms with Crippen molar-refractivity contribution in [1.82, 2.24) is 9.55 Å². The molecule has 136 valence electrons. The maximum Gasteiger partial charge on any atom is 0.328 e. The van der Waals surface area contributed by atoms with E-state index < -0.39 is 35.7 Å². The van der Waals surface area contributed by atoms with Gasteiger partial charge in [0.05, 0.1) is 25.4 Å². The fraction of sp³-hybridized carbons (Fsp3) is 0.733. The monoisotopic (exact) mass is 344 g/mol. The highest BCUT2D eigenvalue weighted by Crippen LogP contribution is 2.35. The number of aryl methyl sites for hydroxylation is 1. The average molecular weight is 344 g/mol. The summed E-state index contributed by atoms with van der Waals surface area (Å²) in [5, 5.41) is 0. The quantitative estimate of drug-likeness (QED) is 0.617. The van der Waals surface area contributed by atoms with Gasteiger partial charge >= 0.3 is 5.69 Å². The van der Waals surface area contributed by atoms with E-state index in [2.05, 4.69) is 4.98 Å². The molecule has 9 nitrogen and oxygen atoms in total. The lowest BCUT2D eigenvalue weighted by atomic mass is 10.0. The zero-order valence-corrected chi connectivity index (χ0v) is 14.3. The molecule has 1 fully saturated rings. The first kappa shape index (κ1) is 18.8. The van der Waals surface area contributed by atoms with E-state index in [0.717, 1.165) is 0 Å². The minimum atomic E-state index is -0.678. The van der Waals surface area contributed by atoms with Gasteiger partial charge in [-0.3, -0.25) is 9.78 Å². The molecule has 9 heteroatoms. The summed E-state index contributed by atoms with van der Waals surface area (Å²) >= 11 is 0. The first-order valence-electron chi connectivity index (χ1n) is 7.61. The van der Waals surface area contributed by atoms with E-state index in [-0.39, 0.29) is 0 Å². The number of rotatable bonds is 8. The van der Waals surface area contributed by atoms with Crippen molar-refractivity contribution in [3.05, 3.63) is 32.6 Å². The van der Waals surface area contributed by atoms with Crippen LogP contribution in [0.3, 0.4) is 0 Å². The van der Waals surface area contributed by atoms with Crippen LogP contribution in [0.2, 0.25) is 0 Å². The third-order valence-electron chi connectivity index (χ3n) is 3.95. The predicted molar refractivity (Wildman–Crippen MR) is 84.2 cm³/mol. The molecule has 0 amide bonds. The second-order valence-corrected chi connectivity index (χ2v) is 5.53. The standard InChI is InChI=1S/C15H24N2O7/c1-17-7-9(14(18)16-15(17)19)11-13(23-6-5-20-2)12(22-4)10(24-11)8-21-3/h7,10-13H,5-6,8H2,1-4H3,(H,16,18,19)/t10-,11+,12?,13?/m1/s1. The minimum Gasteiger partial charge on any atom is -0.382 e. The van der Waals surface area contributed by atoms with Gasteiger partial charge in [0.25, 0.3) is 5.56 Å². The molecule has 0 saturated carbocycles. The Bertz CT molecular complexity index is 641. The van der Waals surface area contributed by atoms with Crippen LogP contribution in [0.4, 0.5) is 0 Å². The minimum absolute atomic E-state index is 0.294. The summed E-state index contributed by atoms with van der Waals surface area (Å²) in [6.07, 6.45) is -0.551. The van der Waals surface area contributed by atoms with Gasteiger partial charge in [0.2, 0.25) is 0 Å². The molecule has 4 atom stereocenters. The molecule has 0 aliphatic carbocycles. The van der Waals surface area contributed by atoms with E-state index >= 15 is 0 Å². The van der Waals surface area contributed by atoms with Gasteiger partial charge in [-0.05, 0) is 0 Å². The summed E-state index contributed by atoms with van der Waals surface area (Å²) in [5.41, 5.74) is -0.688. The number of aromatic amines is 1. The lowest BCUT2D eigenvalue weighted by Gasteiger charge is -2.23. The zero-order valence-electron chi connectivity index (χ0n) is 14.3. The predicted octanol–water partition coefficient (Wildman–Crippen LogP) is -0.793. The maximum absolute atomic E-state index is 12.2.